The highest BCUT2D eigenvalue weighted by Crippen LogP contribution is 2.20. The molecule has 0 bridgehead atoms. The van der Waals surface area contributed by atoms with E-state index in [2.05, 4.69) is 39.4 Å². The summed E-state index contributed by atoms with van der Waals surface area (Å²) >= 11 is 0. The second-order valence-corrected chi connectivity index (χ2v) is 6.21. The summed E-state index contributed by atoms with van der Waals surface area (Å²) < 4.78 is 2.00. The van der Waals surface area contributed by atoms with Crippen molar-refractivity contribution in [1.29, 1.82) is 0 Å². The van der Waals surface area contributed by atoms with Gasteiger partial charge in [-0.15, -0.1) is 0 Å². The molecule has 5 nitrogen and oxygen atoms in total. The fourth-order valence-electron chi connectivity index (χ4n) is 3.44. The van der Waals surface area contributed by atoms with Gasteiger partial charge in [0.15, 0.2) is 0 Å². The van der Waals surface area contributed by atoms with Crippen molar-refractivity contribution in [3.8, 4) is 0 Å². The molecule has 0 atom stereocenters. The van der Waals surface area contributed by atoms with Crippen molar-refractivity contribution >= 4 is 10.9 Å². The van der Waals surface area contributed by atoms with Gasteiger partial charge in [0.05, 0.1) is 11.2 Å². The third-order valence-electron chi connectivity index (χ3n) is 4.89. The summed E-state index contributed by atoms with van der Waals surface area (Å²) in [7, 11) is 2.04. The molecule has 0 aliphatic carbocycles. The monoisotopic (exact) mass is 285 g/mol. The second-order valence-electron chi connectivity index (χ2n) is 6.21. The van der Waals surface area contributed by atoms with Crippen molar-refractivity contribution in [2.45, 2.75) is 12.6 Å². The largest absolute Gasteiger partial charge is 0.314 e. The average Bonchev–Trinajstić information content (AvgIpc) is 2.76. The summed E-state index contributed by atoms with van der Waals surface area (Å²) in [4.78, 5) is 5.17. The van der Waals surface area contributed by atoms with Crippen LogP contribution in [0.1, 0.15) is 5.69 Å². The Labute approximate surface area is 125 Å². The van der Waals surface area contributed by atoms with E-state index >= 15 is 0 Å². The molecule has 5 heteroatoms. The SMILES string of the molecule is Cn1nc(CN2CCN(C3CNC3)CC2)c2ccccc21. The first kappa shape index (κ1) is 13.2. The third-order valence-corrected chi connectivity index (χ3v) is 4.89. The van der Waals surface area contributed by atoms with Crippen LogP contribution in [0, 0.1) is 0 Å². The zero-order chi connectivity index (χ0) is 14.2. The highest BCUT2D eigenvalue weighted by atomic mass is 15.3. The van der Waals surface area contributed by atoms with E-state index in [0.29, 0.717) is 0 Å². The number of nitrogens with zero attached hydrogens (tertiary/aromatic N) is 4. The molecule has 0 unspecified atom stereocenters. The van der Waals surface area contributed by atoms with Crippen LogP contribution in [-0.4, -0.2) is 64.9 Å². The summed E-state index contributed by atoms with van der Waals surface area (Å²) in [6.45, 7) is 8.00. The smallest absolute Gasteiger partial charge is 0.0843 e. The minimum atomic E-state index is 0.780. The molecule has 112 valence electrons. The van der Waals surface area contributed by atoms with Crippen molar-refractivity contribution < 1.29 is 0 Å². The van der Waals surface area contributed by atoms with Gasteiger partial charge >= 0.3 is 0 Å². The Morgan fingerprint density at radius 1 is 1.14 bits per heavy atom. The van der Waals surface area contributed by atoms with Crippen LogP contribution in [0.2, 0.25) is 0 Å². The van der Waals surface area contributed by atoms with E-state index in [9.17, 15) is 0 Å². The number of nitrogens with one attached hydrogen (secondary N) is 1. The molecule has 1 aromatic carbocycles. The normalized spacial score (nSPS) is 21.8. The van der Waals surface area contributed by atoms with Crippen LogP contribution < -0.4 is 5.32 Å². The lowest BCUT2D eigenvalue weighted by Crippen LogP contribution is -2.61. The first-order chi connectivity index (χ1) is 10.3. The molecule has 2 aliphatic rings. The van der Waals surface area contributed by atoms with Gasteiger partial charge in [-0.2, -0.15) is 5.10 Å². The van der Waals surface area contributed by atoms with Crippen LogP contribution in [0.3, 0.4) is 0 Å². The Kier molecular flexibility index (Phi) is 3.41. The molecule has 21 heavy (non-hydrogen) atoms. The summed E-state index contributed by atoms with van der Waals surface area (Å²) in [6.07, 6.45) is 0. The maximum absolute atomic E-state index is 4.72. The summed E-state index contributed by atoms with van der Waals surface area (Å²) in [5, 5.41) is 9.38. The Balaban J connectivity index is 1.44. The molecule has 0 amide bonds. The fourth-order valence-corrected chi connectivity index (χ4v) is 3.44. The molecule has 0 radical (unpaired) electrons. The van der Waals surface area contributed by atoms with Gasteiger partial charge in [-0.1, -0.05) is 18.2 Å². The van der Waals surface area contributed by atoms with Crippen molar-refractivity contribution in [2.24, 2.45) is 7.05 Å². The molecule has 4 rings (SSSR count). The first-order valence-electron chi connectivity index (χ1n) is 7.89. The molecule has 2 fully saturated rings. The quantitative estimate of drug-likeness (QED) is 0.899. The second kappa shape index (κ2) is 5.40. The van der Waals surface area contributed by atoms with E-state index in [1.54, 1.807) is 0 Å². The molecule has 0 saturated carbocycles. The van der Waals surface area contributed by atoms with E-state index in [0.717, 1.165) is 25.7 Å². The molecule has 0 spiro atoms. The van der Waals surface area contributed by atoms with Crippen molar-refractivity contribution in [3.05, 3.63) is 30.0 Å². The van der Waals surface area contributed by atoms with Crippen LogP contribution in [-0.2, 0) is 13.6 Å². The van der Waals surface area contributed by atoms with Gasteiger partial charge in [-0.3, -0.25) is 14.5 Å². The Hall–Kier alpha value is -1.43. The van der Waals surface area contributed by atoms with Crippen LogP contribution in [0.25, 0.3) is 10.9 Å². The number of benzene rings is 1. The van der Waals surface area contributed by atoms with Crippen molar-refractivity contribution in [3.63, 3.8) is 0 Å². The standard InChI is InChI=1S/C16H23N5/c1-19-16-5-3-2-4-14(16)15(18-19)12-20-6-8-21(9-7-20)13-10-17-11-13/h2-5,13,17H,6-12H2,1H3. The van der Waals surface area contributed by atoms with E-state index in [1.165, 1.54) is 42.8 Å². The Morgan fingerprint density at radius 3 is 2.62 bits per heavy atom. The number of para-hydroxylation sites is 1. The van der Waals surface area contributed by atoms with Crippen LogP contribution in [0.5, 0.6) is 0 Å². The number of aromatic nitrogens is 2. The zero-order valence-electron chi connectivity index (χ0n) is 12.6. The fraction of sp³-hybridized carbons (Fsp3) is 0.562. The van der Waals surface area contributed by atoms with Gasteiger partial charge in [0.2, 0.25) is 0 Å². The van der Waals surface area contributed by atoms with E-state index in [4.69, 9.17) is 5.10 Å². The molecule has 2 aromatic rings. The number of fused-ring (bicyclic) bond motifs is 1. The molecule has 1 N–H and O–H groups in total. The average molecular weight is 285 g/mol. The van der Waals surface area contributed by atoms with Crippen LogP contribution in [0.4, 0.5) is 0 Å². The lowest BCUT2D eigenvalue weighted by molar-refractivity contribution is 0.0691. The maximum atomic E-state index is 4.72. The van der Waals surface area contributed by atoms with Crippen LogP contribution >= 0.6 is 0 Å². The lowest BCUT2D eigenvalue weighted by Gasteiger charge is -2.43. The third kappa shape index (κ3) is 2.46. The van der Waals surface area contributed by atoms with Gasteiger partial charge in [0.25, 0.3) is 0 Å². The Morgan fingerprint density at radius 2 is 1.90 bits per heavy atom. The summed E-state index contributed by atoms with van der Waals surface area (Å²) in [5.41, 5.74) is 2.44. The van der Waals surface area contributed by atoms with Gasteiger partial charge in [-0.25, -0.2) is 0 Å². The minimum absolute atomic E-state index is 0.780. The van der Waals surface area contributed by atoms with Gasteiger partial charge in [0, 0.05) is 64.3 Å². The first-order valence-corrected chi connectivity index (χ1v) is 7.89. The van der Waals surface area contributed by atoms with E-state index < -0.39 is 0 Å². The van der Waals surface area contributed by atoms with Crippen molar-refractivity contribution in [2.75, 3.05) is 39.3 Å². The molecular formula is C16H23N5. The van der Waals surface area contributed by atoms with Crippen LogP contribution in [0.15, 0.2) is 24.3 Å². The number of hydrogen-bond acceptors (Lipinski definition) is 4. The van der Waals surface area contributed by atoms with E-state index in [-0.39, 0.29) is 0 Å². The molecule has 1 aromatic heterocycles. The maximum Gasteiger partial charge on any atom is 0.0843 e. The van der Waals surface area contributed by atoms with Gasteiger partial charge in [0.1, 0.15) is 0 Å². The molecule has 2 aliphatic heterocycles. The predicted molar refractivity (Wildman–Crippen MR) is 84.2 cm³/mol. The zero-order valence-corrected chi connectivity index (χ0v) is 12.6. The topological polar surface area (TPSA) is 36.3 Å². The number of hydrogen-bond donors (Lipinski definition) is 1. The lowest BCUT2D eigenvalue weighted by atomic mass is 10.1. The number of piperazine rings is 1. The molecule has 2 saturated heterocycles. The van der Waals surface area contributed by atoms with Crippen molar-refractivity contribution in [1.82, 2.24) is 24.9 Å². The number of rotatable bonds is 3. The van der Waals surface area contributed by atoms with Gasteiger partial charge < -0.3 is 5.32 Å². The Bertz CT molecular complexity index is 623. The summed E-state index contributed by atoms with van der Waals surface area (Å²) in [6, 6.07) is 9.30. The van der Waals surface area contributed by atoms with Gasteiger partial charge in [-0.05, 0) is 6.07 Å². The molecule has 3 heterocycles. The highest BCUT2D eigenvalue weighted by molar-refractivity contribution is 5.81. The molecular weight excluding hydrogens is 262 g/mol. The number of aryl methyl sites for hydroxylation is 1. The minimum Gasteiger partial charge on any atom is -0.314 e. The summed E-state index contributed by atoms with van der Waals surface area (Å²) in [5.74, 6) is 0. The predicted octanol–water partition coefficient (Wildman–Crippen LogP) is 0.663. The van der Waals surface area contributed by atoms with E-state index in [1.807, 2.05) is 11.7 Å². The highest BCUT2D eigenvalue weighted by Gasteiger charge is 2.27.